The summed E-state index contributed by atoms with van der Waals surface area (Å²) in [4.78, 5) is 1.97. The average Bonchev–Trinajstić information content (AvgIpc) is 2.25. The van der Waals surface area contributed by atoms with Gasteiger partial charge in [0.1, 0.15) is 0 Å². The molecule has 0 saturated heterocycles. The molecule has 1 nitrogen and oxygen atoms in total. The van der Waals surface area contributed by atoms with E-state index in [9.17, 15) is 13.2 Å². The molecule has 6 heteroatoms. The van der Waals surface area contributed by atoms with Gasteiger partial charge in [0.25, 0.3) is 0 Å². The zero-order valence-corrected chi connectivity index (χ0v) is 12.7. The predicted octanol–water partition coefficient (Wildman–Crippen LogP) is 4.92. The molecule has 1 aliphatic carbocycles. The Morgan fingerprint density at radius 1 is 1.37 bits per heavy atom. The third-order valence-corrected chi connectivity index (χ3v) is 4.39. The van der Waals surface area contributed by atoms with Crippen LogP contribution in [0.3, 0.4) is 0 Å². The molecule has 0 N–H and O–H groups in total. The molecular formula is C13H14BrClF3N. The molecule has 1 aromatic rings. The molecule has 0 atom stereocenters. The van der Waals surface area contributed by atoms with Crippen LogP contribution in [0.25, 0.3) is 0 Å². The zero-order chi connectivity index (χ0) is 14.2. The van der Waals surface area contributed by atoms with Crippen molar-refractivity contribution in [3.8, 4) is 0 Å². The third-order valence-electron chi connectivity index (χ3n) is 3.40. The second-order valence-electron chi connectivity index (χ2n) is 4.98. The average molecular weight is 357 g/mol. The number of nitrogens with zero attached hydrogens (tertiary/aromatic N) is 1. The van der Waals surface area contributed by atoms with Gasteiger partial charge in [-0.05, 0) is 52.9 Å². The van der Waals surface area contributed by atoms with Crippen LogP contribution in [0, 0.1) is 5.92 Å². The Hall–Kier alpha value is -0.420. The first-order valence-corrected chi connectivity index (χ1v) is 7.22. The van der Waals surface area contributed by atoms with E-state index in [-0.39, 0.29) is 5.38 Å². The third kappa shape index (κ3) is 3.57. The molecule has 0 amide bonds. The van der Waals surface area contributed by atoms with Gasteiger partial charge < -0.3 is 4.90 Å². The van der Waals surface area contributed by atoms with Gasteiger partial charge in [-0.1, -0.05) is 0 Å². The predicted molar refractivity (Wildman–Crippen MR) is 74.8 cm³/mol. The van der Waals surface area contributed by atoms with E-state index in [0.29, 0.717) is 10.4 Å². The molecule has 0 aliphatic heterocycles. The summed E-state index contributed by atoms with van der Waals surface area (Å²) in [5.41, 5.74) is 0.131. The van der Waals surface area contributed by atoms with Crippen molar-refractivity contribution in [3.63, 3.8) is 0 Å². The lowest BCUT2D eigenvalue weighted by Gasteiger charge is -2.35. The minimum atomic E-state index is -4.31. The summed E-state index contributed by atoms with van der Waals surface area (Å²) in [6, 6.07) is 3.74. The summed E-state index contributed by atoms with van der Waals surface area (Å²) in [6.45, 7) is 0.813. The van der Waals surface area contributed by atoms with Crippen LogP contribution in [0.4, 0.5) is 18.9 Å². The molecule has 0 heterocycles. The highest BCUT2D eigenvalue weighted by atomic mass is 79.9. The van der Waals surface area contributed by atoms with E-state index in [1.807, 2.05) is 11.9 Å². The van der Waals surface area contributed by atoms with Crippen molar-refractivity contribution >= 4 is 33.2 Å². The van der Waals surface area contributed by atoms with E-state index >= 15 is 0 Å². The van der Waals surface area contributed by atoms with Crippen LogP contribution in [0.5, 0.6) is 0 Å². The van der Waals surface area contributed by atoms with Gasteiger partial charge in [0.15, 0.2) is 0 Å². The largest absolute Gasteiger partial charge is 0.416 e. The molecule has 1 saturated carbocycles. The summed E-state index contributed by atoms with van der Waals surface area (Å²) in [5, 5.41) is 0.259. The van der Waals surface area contributed by atoms with Crippen molar-refractivity contribution in [2.75, 3.05) is 18.5 Å². The lowest BCUT2D eigenvalue weighted by Crippen LogP contribution is -2.35. The van der Waals surface area contributed by atoms with Crippen LogP contribution >= 0.6 is 27.5 Å². The molecular weight excluding hydrogens is 343 g/mol. The van der Waals surface area contributed by atoms with Gasteiger partial charge in [-0.25, -0.2) is 0 Å². The first-order valence-electron chi connectivity index (χ1n) is 5.99. The van der Waals surface area contributed by atoms with Crippen LogP contribution in [0.2, 0.25) is 0 Å². The standard InChI is InChI=1S/C13H14BrClF3N/c1-19(7-8-4-10(15)5-8)12-3-2-9(6-11(12)14)13(16,17)18/h2-3,6,8,10H,4-5,7H2,1H3. The Kier molecular flexibility index (Phi) is 4.35. The fourth-order valence-corrected chi connectivity index (χ4v) is 3.47. The molecule has 2 rings (SSSR count). The van der Waals surface area contributed by atoms with E-state index in [4.69, 9.17) is 11.6 Å². The van der Waals surface area contributed by atoms with Crippen molar-refractivity contribution in [1.82, 2.24) is 0 Å². The highest BCUT2D eigenvalue weighted by Gasteiger charge is 2.32. The maximum Gasteiger partial charge on any atom is 0.416 e. The number of rotatable bonds is 3. The number of anilines is 1. The van der Waals surface area contributed by atoms with E-state index in [2.05, 4.69) is 15.9 Å². The van der Waals surface area contributed by atoms with Crippen molar-refractivity contribution in [1.29, 1.82) is 0 Å². The number of benzene rings is 1. The van der Waals surface area contributed by atoms with Crippen LogP contribution in [-0.4, -0.2) is 19.0 Å². The Morgan fingerprint density at radius 2 is 2.00 bits per heavy atom. The fraction of sp³-hybridized carbons (Fsp3) is 0.538. The Bertz CT molecular complexity index is 458. The topological polar surface area (TPSA) is 3.24 Å². The number of hydrogen-bond acceptors (Lipinski definition) is 1. The SMILES string of the molecule is CN(CC1CC(Cl)C1)c1ccc(C(F)(F)F)cc1Br. The van der Waals surface area contributed by atoms with Crippen LogP contribution in [-0.2, 0) is 6.18 Å². The quantitative estimate of drug-likeness (QED) is 0.695. The normalized spacial score (nSPS) is 23.1. The summed E-state index contributed by atoms with van der Waals surface area (Å²) in [7, 11) is 1.88. The van der Waals surface area contributed by atoms with Gasteiger partial charge in [-0.2, -0.15) is 13.2 Å². The molecule has 0 aromatic heterocycles. The number of halogens is 5. The molecule has 1 fully saturated rings. The molecule has 0 radical (unpaired) electrons. The van der Waals surface area contributed by atoms with Crippen LogP contribution in [0.15, 0.2) is 22.7 Å². The summed E-state index contributed by atoms with van der Waals surface area (Å²) >= 11 is 9.14. The van der Waals surface area contributed by atoms with Gasteiger partial charge in [0, 0.05) is 23.4 Å². The van der Waals surface area contributed by atoms with Crippen LogP contribution < -0.4 is 4.90 Å². The first kappa shape index (κ1) is 15.0. The van der Waals surface area contributed by atoms with Gasteiger partial charge in [-0.15, -0.1) is 11.6 Å². The van der Waals surface area contributed by atoms with Crippen molar-refractivity contribution < 1.29 is 13.2 Å². The van der Waals surface area contributed by atoms with Crippen molar-refractivity contribution in [3.05, 3.63) is 28.2 Å². The van der Waals surface area contributed by atoms with E-state index in [1.54, 1.807) is 0 Å². The monoisotopic (exact) mass is 355 g/mol. The summed E-state index contributed by atoms with van der Waals surface area (Å²) < 4.78 is 38.2. The Balaban J connectivity index is 2.08. The molecule has 106 valence electrons. The van der Waals surface area contributed by atoms with Gasteiger partial charge in [0.05, 0.1) is 11.3 Å². The molecule has 19 heavy (non-hydrogen) atoms. The smallest absolute Gasteiger partial charge is 0.373 e. The maximum absolute atomic E-state index is 12.6. The van der Waals surface area contributed by atoms with E-state index in [0.717, 1.165) is 37.2 Å². The van der Waals surface area contributed by atoms with Gasteiger partial charge >= 0.3 is 6.18 Å². The van der Waals surface area contributed by atoms with Gasteiger partial charge in [-0.3, -0.25) is 0 Å². The minimum Gasteiger partial charge on any atom is -0.373 e. The van der Waals surface area contributed by atoms with Crippen LogP contribution in [0.1, 0.15) is 18.4 Å². The van der Waals surface area contributed by atoms with Crippen molar-refractivity contribution in [2.45, 2.75) is 24.4 Å². The molecule has 1 aliphatic rings. The summed E-state index contributed by atoms with van der Waals surface area (Å²) in [6.07, 6.45) is -2.35. The maximum atomic E-state index is 12.6. The highest BCUT2D eigenvalue weighted by molar-refractivity contribution is 9.10. The van der Waals surface area contributed by atoms with Gasteiger partial charge in [0.2, 0.25) is 0 Å². The lowest BCUT2D eigenvalue weighted by atomic mass is 9.84. The number of alkyl halides is 4. The Morgan fingerprint density at radius 3 is 2.47 bits per heavy atom. The molecule has 0 spiro atoms. The van der Waals surface area contributed by atoms with E-state index in [1.165, 1.54) is 6.07 Å². The minimum absolute atomic E-state index is 0.259. The molecule has 1 aromatic carbocycles. The summed E-state index contributed by atoms with van der Waals surface area (Å²) in [5.74, 6) is 0.529. The highest BCUT2D eigenvalue weighted by Crippen LogP contribution is 2.37. The first-order chi connectivity index (χ1) is 8.77. The van der Waals surface area contributed by atoms with E-state index < -0.39 is 11.7 Å². The lowest BCUT2D eigenvalue weighted by molar-refractivity contribution is -0.137. The fourth-order valence-electron chi connectivity index (χ4n) is 2.28. The second-order valence-corrected chi connectivity index (χ2v) is 6.45. The molecule has 0 unspecified atom stereocenters. The van der Waals surface area contributed by atoms with Crippen molar-refractivity contribution in [2.24, 2.45) is 5.92 Å². The second kappa shape index (κ2) is 5.52. The molecule has 0 bridgehead atoms. The number of hydrogen-bond donors (Lipinski definition) is 0. The Labute approximate surface area is 123 Å². The zero-order valence-electron chi connectivity index (χ0n) is 10.3.